The molecule has 1 fully saturated rings. The molecule has 0 radical (unpaired) electrons. The van der Waals surface area contributed by atoms with E-state index in [0.29, 0.717) is 13.1 Å². The van der Waals surface area contributed by atoms with Gasteiger partial charge in [-0.15, -0.1) is 0 Å². The summed E-state index contributed by atoms with van der Waals surface area (Å²) in [6, 6.07) is 15.7. The Morgan fingerprint density at radius 1 is 1.10 bits per heavy atom. The molecule has 1 saturated heterocycles. The Hall–Kier alpha value is -2.67. The molecule has 0 bridgehead atoms. The summed E-state index contributed by atoms with van der Waals surface area (Å²) in [5.41, 5.74) is 2.96. The highest BCUT2D eigenvalue weighted by Gasteiger charge is 2.32. The van der Waals surface area contributed by atoms with Gasteiger partial charge in [0.2, 0.25) is 11.8 Å². The van der Waals surface area contributed by atoms with Crippen molar-refractivity contribution in [2.75, 3.05) is 20.2 Å². The quantitative estimate of drug-likeness (QED) is 0.605. The molecule has 2 aromatic rings. The molecule has 7 heteroatoms. The molecule has 0 N–H and O–H groups in total. The Bertz CT molecular complexity index is 993. The van der Waals surface area contributed by atoms with E-state index >= 15 is 0 Å². The van der Waals surface area contributed by atoms with Gasteiger partial charge in [0.05, 0.1) is 25.4 Å². The minimum absolute atomic E-state index is 0.00402. The van der Waals surface area contributed by atoms with Gasteiger partial charge in [-0.3, -0.25) is 9.59 Å². The Labute approximate surface area is 191 Å². The summed E-state index contributed by atoms with van der Waals surface area (Å²) in [4.78, 5) is 27.5. The maximum absolute atomic E-state index is 13.0. The van der Waals surface area contributed by atoms with Crippen LogP contribution in [0.2, 0.25) is 0 Å². The monoisotopic (exact) mass is 483 g/mol. The summed E-state index contributed by atoms with van der Waals surface area (Å²) in [5.74, 6) is 0.684. The fourth-order valence-corrected chi connectivity index (χ4v) is 4.69. The van der Waals surface area contributed by atoms with Gasteiger partial charge < -0.3 is 9.64 Å². The Kier molecular flexibility index (Phi) is 6.70. The van der Waals surface area contributed by atoms with Crippen molar-refractivity contribution in [1.29, 1.82) is 0 Å². The Morgan fingerprint density at radius 3 is 2.65 bits per heavy atom. The fourth-order valence-electron chi connectivity index (χ4n) is 4.31. The van der Waals surface area contributed by atoms with E-state index in [1.165, 1.54) is 5.01 Å². The van der Waals surface area contributed by atoms with Crippen molar-refractivity contribution in [3.8, 4) is 5.75 Å². The van der Waals surface area contributed by atoms with E-state index in [0.717, 1.165) is 46.3 Å². The number of ether oxygens (including phenoxy) is 1. The van der Waals surface area contributed by atoms with Gasteiger partial charge in [0.15, 0.2) is 0 Å². The molecular weight excluding hydrogens is 458 g/mol. The molecule has 2 aliphatic heterocycles. The molecule has 0 aromatic heterocycles. The second-order valence-corrected chi connectivity index (χ2v) is 8.73. The number of hydrogen-bond acceptors (Lipinski definition) is 4. The van der Waals surface area contributed by atoms with Crippen LogP contribution in [-0.2, 0) is 9.59 Å². The van der Waals surface area contributed by atoms with Crippen LogP contribution in [0, 0.1) is 0 Å². The number of halogens is 1. The van der Waals surface area contributed by atoms with Crippen LogP contribution in [0.5, 0.6) is 5.75 Å². The lowest BCUT2D eigenvalue weighted by Crippen LogP contribution is -2.32. The third-order valence-corrected chi connectivity index (χ3v) is 6.37. The number of carbonyl (C=O) groups excluding carboxylic acids is 2. The SMILES string of the molecule is COc1ccc(Br)cc1[C@@H]1CCCN1C(=O)CCC(=O)N1CCC(c2ccccc2)=N1. The highest BCUT2D eigenvalue weighted by molar-refractivity contribution is 9.10. The number of rotatable bonds is 6. The average molecular weight is 484 g/mol. The van der Waals surface area contributed by atoms with E-state index in [1.54, 1.807) is 7.11 Å². The van der Waals surface area contributed by atoms with Gasteiger partial charge in [0.25, 0.3) is 0 Å². The first-order chi connectivity index (χ1) is 15.1. The first kappa shape index (κ1) is 21.6. The van der Waals surface area contributed by atoms with Gasteiger partial charge in [0.1, 0.15) is 5.75 Å². The van der Waals surface area contributed by atoms with Gasteiger partial charge in [-0.25, -0.2) is 5.01 Å². The zero-order chi connectivity index (χ0) is 21.8. The van der Waals surface area contributed by atoms with Crippen molar-refractivity contribution < 1.29 is 14.3 Å². The zero-order valence-corrected chi connectivity index (χ0v) is 19.2. The number of likely N-dealkylation sites (tertiary alicyclic amines) is 1. The van der Waals surface area contributed by atoms with Gasteiger partial charge in [-0.2, -0.15) is 5.10 Å². The van der Waals surface area contributed by atoms with Crippen molar-refractivity contribution in [2.45, 2.75) is 38.1 Å². The van der Waals surface area contributed by atoms with Gasteiger partial charge in [-0.05, 0) is 36.6 Å². The molecule has 1 atom stereocenters. The first-order valence-corrected chi connectivity index (χ1v) is 11.4. The third-order valence-electron chi connectivity index (χ3n) is 5.87. The van der Waals surface area contributed by atoms with E-state index in [-0.39, 0.29) is 30.7 Å². The van der Waals surface area contributed by atoms with Crippen LogP contribution in [0.1, 0.15) is 49.3 Å². The Balaban J connectivity index is 1.38. The summed E-state index contributed by atoms with van der Waals surface area (Å²) in [6.45, 7) is 1.27. The minimum atomic E-state index is -0.102. The van der Waals surface area contributed by atoms with E-state index < -0.39 is 0 Å². The molecule has 0 spiro atoms. The largest absolute Gasteiger partial charge is 0.496 e. The lowest BCUT2D eigenvalue weighted by Gasteiger charge is -2.26. The highest BCUT2D eigenvalue weighted by atomic mass is 79.9. The third kappa shape index (κ3) is 4.82. The summed E-state index contributed by atoms with van der Waals surface area (Å²) < 4.78 is 6.48. The lowest BCUT2D eigenvalue weighted by molar-refractivity contribution is -0.137. The van der Waals surface area contributed by atoms with Crippen molar-refractivity contribution in [3.63, 3.8) is 0 Å². The number of hydrazone groups is 1. The molecule has 0 unspecified atom stereocenters. The summed E-state index contributed by atoms with van der Waals surface area (Å²) >= 11 is 3.52. The van der Waals surface area contributed by atoms with Crippen LogP contribution in [0.3, 0.4) is 0 Å². The van der Waals surface area contributed by atoms with Crippen LogP contribution in [0.15, 0.2) is 58.1 Å². The molecule has 6 nitrogen and oxygen atoms in total. The van der Waals surface area contributed by atoms with Crippen LogP contribution in [-0.4, -0.2) is 47.6 Å². The number of benzene rings is 2. The second kappa shape index (κ2) is 9.64. The van der Waals surface area contributed by atoms with Crippen LogP contribution >= 0.6 is 15.9 Å². The van der Waals surface area contributed by atoms with E-state index in [9.17, 15) is 9.59 Å². The highest BCUT2D eigenvalue weighted by Crippen LogP contribution is 2.38. The number of hydrogen-bond donors (Lipinski definition) is 0. The summed E-state index contributed by atoms with van der Waals surface area (Å²) in [6.07, 6.45) is 2.93. The zero-order valence-electron chi connectivity index (χ0n) is 17.6. The molecule has 31 heavy (non-hydrogen) atoms. The predicted molar refractivity (Wildman–Crippen MR) is 123 cm³/mol. The van der Waals surface area contributed by atoms with Gasteiger partial charge >= 0.3 is 0 Å². The van der Waals surface area contributed by atoms with Crippen LogP contribution in [0.25, 0.3) is 0 Å². The average Bonchev–Trinajstić information content (AvgIpc) is 3.48. The molecule has 2 aromatic carbocycles. The molecular formula is C24H26BrN3O3. The molecule has 2 amide bonds. The van der Waals surface area contributed by atoms with Gasteiger partial charge in [-0.1, -0.05) is 46.3 Å². The summed E-state index contributed by atoms with van der Waals surface area (Å²) in [7, 11) is 1.65. The fraction of sp³-hybridized carbons (Fsp3) is 0.375. The van der Waals surface area contributed by atoms with Crippen LogP contribution in [0.4, 0.5) is 0 Å². The van der Waals surface area contributed by atoms with E-state index in [2.05, 4.69) is 21.0 Å². The van der Waals surface area contributed by atoms with Crippen LogP contribution < -0.4 is 4.74 Å². The first-order valence-electron chi connectivity index (χ1n) is 10.6. The number of carbonyl (C=O) groups is 2. The molecule has 162 valence electrons. The predicted octanol–water partition coefficient (Wildman–Crippen LogP) is 4.54. The van der Waals surface area contributed by atoms with Gasteiger partial charge in [0, 0.05) is 35.8 Å². The normalized spacial score (nSPS) is 18.3. The van der Waals surface area contributed by atoms with E-state index in [1.807, 2.05) is 53.4 Å². The van der Waals surface area contributed by atoms with Crippen molar-refractivity contribution in [1.82, 2.24) is 9.91 Å². The van der Waals surface area contributed by atoms with E-state index in [4.69, 9.17) is 4.74 Å². The molecule has 0 saturated carbocycles. The molecule has 0 aliphatic carbocycles. The lowest BCUT2D eigenvalue weighted by atomic mass is 10.0. The smallest absolute Gasteiger partial charge is 0.243 e. The molecule has 2 heterocycles. The minimum Gasteiger partial charge on any atom is -0.496 e. The van der Waals surface area contributed by atoms with Crippen molar-refractivity contribution in [3.05, 3.63) is 64.1 Å². The number of nitrogens with zero attached hydrogens (tertiary/aromatic N) is 3. The van der Waals surface area contributed by atoms with Crippen molar-refractivity contribution >= 4 is 33.5 Å². The molecule has 4 rings (SSSR count). The topological polar surface area (TPSA) is 62.2 Å². The Morgan fingerprint density at radius 2 is 1.87 bits per heavy atom. The second-order valence-electron chi connectivity index (χ2n) is 7.81. The maximum Gasteiger partial charge on any atom is 0.243 e. The molecule has 2 aliphatic rings. The summed E-state index contributed by atoms with van der Waals surface area (Å²) in [5, 5.41) is 5.99. The van der Waals surface area contributed by atoms with Crippen molar-refractivity contribution in [2.24, 2.45) is 5.10 Å². The number of methoxy groups -OCH3 is 1. The standard InChI is InChI=1S/C24H26BrN3O3/c1-31-22-10-9-18(25)16-19(22)21-8-5-14-27(21)23(29)11-12-24(30)28-15-13-20(26-28)17-6-3-2-4-7-17/h2-4,6-7,9-10,16,21H,5,8,11-15H2,1H3/t21-/m0/s1. The number of amides is 2. The maximum atomic E-state index is 13.0.